The number of benzene rings is 6. The summed E-state index contributed by atoms with van der Waals surface area (Å²) in [6, 6.07) is 46.1. The van der Waals surface area contributed by atoms with Crippen LogP contribution in [0.1, 0.15) is 74.9 Å². The van der Waals surface area contributed by atoms with E-state index in [1.807, 2.05) is 11.3 Å². The van der Waals surface area contributed by atoms with Crippen LogP contribution in [-0.4, -0.2) is 0 Å². The van der Waals surface area contributed by atoms with Crippen molar-refractivity contribution in [3.05, 3.63) is 155 Å². The second-order valence-corrected chi connectivity index (χ2v) is 16.5. The summed E-state index contributed by atoms with van der Waals surface area (Å²) in [5.74, 6) is 0. The van der Waals surface area contributed by atoms with E-state index in [1.54, 1.807) is 0 Å². The van der Waals surface area contributed by atoms with Gasteiger partial charge in [-0.1, -0.05) is 139 Å². The Balaban J connectivity index is 1.32. The first kappa shape index (κ1) is 28.6. The van der Waals surface area contributed by atoms with E-state index in [0.717, 1.165) is 11.4 Å². The third-order valence-corrected chi connectivity index (χ3v) is 11.8. The highest BCUT2D eigenvalue weighted by Crippen LogP contribution is 2.63. The predicted octanol–water partition coefficient (Wildman–Crippen LogP) is 12.7. The van der Waals surface area contributed by atoms with Crippen LogP contribution in [0.15, 0.2) is 121 Å². The van der Waals surface area contributed by atoms with Crippen LogP contribution >= 0.6 is 11.3 Å². The lowest BCUT2D eigenvalue weighted by atomic mass is 9.68. The zero-order valence-electron chi connectivity index (χ0n) is 28.0. The van der Waals surface area contributed by atoms with Gasteiger partial charge in [-0.05, 0) is 90.7 Å². The molecule has 2 aliphatic rings. The number of fused-ring (bicyclic) bond motifs is 13. The standard InChI is InChI=1S/C45H39NS/c1-43(2,3)27-18-21-31-32-22-19-28(44(4,5)6)25-38(32)45(37(31)24-27)36-15-9-7-12-30(36)33-23-20-29(26-39(33)45)46-40-16-11-14-35-34-13-8-10-17-41(34)47-42(35)40/h7-26,46H,1-6H3. The lowest BCUT2D eigenvalue weighted by molar-refractivity contribution is 0.586. The molecule has 2 heteroatoms. The normalized spacial score (nSPS) is 14.3. The molecule has 6 aromatic carbocycles. The molecule has 2 aliphatic carbocycles. The van der Waals surface area contributed by atoms with Gasteiger partial charge >= 0.3 is 0 Å². The van der Waals surface area contributed by atoms with Crippen molar-refractivity contribution in [2.75, 3.05) is 5.32 Å². The average molecular weight is 626 g/mol. The molecule has 230 valence electrons. The fourth-order valence-electron chi connectivity index (χ4n) is 8.20. The highest BCUT2D eigenvalue weighted by molar-refractivity contribution is 7.26. The van der Waals surface area contributed by atoms with Gasteiger partial charge in [0.05, 0.1) is 15.8 Å². The van der Waals surface area contributed by atoms with Crippen LogP contribution in [0.25, 0.3) is 42.4 Å². The van der Waals surface area contributed by atoms with Crippen LogP contribution in [-0.2, 0) is 16.2 Å². The first-order valence-electron chi connectivity index (χ1n) is 16.8. The quantitative estimate of drug-likeness (QED) is 0.201. The van der Waals surface area contributed by atoms with Gasteiger partial charge in [0.2, 0.25) is 0 Å². The van der Waals surface area contributed by atoms with Gasteiger partial charge in [0.25, 0.3) is 0 Å². The number of nitrogens with one attached hydrogen (secondary N) is 1. The molecule has 1 heterocycles. The van der Waals surface area contributed by atoms with Crippen LogP contribution in [0.2, 0.25) is 0 Å². The Morgan fingerprint density at radius 2 is 1.04 bits per heavy atom. The van der Waals surface area contributed by atoms with Gasteiger partial charge < -0.3 is 5.32 Å². The average Bonchev–Trinajstić information content (AvgIpc) is 3.68. The van der Waals surface area contributed by atoms with Gasteiger partial charge in [-0.2, -0.15) is 0 Å². The minimum absolute atomic E-state index is 0.0366. The summed E-state index contributed by atoms with van der Waals surface area (Å²) in [5.41, 5.74) is 15.6. The summed E-state index contributed by atoms with van der Waals surface area (Å²) in [5, 5.41) is 6.53. The summed E-state index contributed by atoms with van der Waals surface area (Å²) in [6.45, 7) is 14.0. The summed E-state index contributed by atoms with van der Waals surface area (Å²) < 4.78 is 2.62. The van der Waals surface area contributed by atoms with Gasteiger partial charge in [0.15, 0.2) is 0 Å². The summed E-state index contributed by atoms with van der Waals surface area (Å²) in [4.78, 5) is 0. The Hall–Kier alpha value is -4.66. The molecule has 1 N–H and O–H groups in total. The van der Waals surface area contributed by atoms with Gasteiger partial charge in [0.1, 0.15) is 0 Å². The van der Waals surface area contributed by atoms with E-state index in [4.69, 9.17) is 0 Å². The van der Waals surface area contributed by atoms with E-state index < -0.39 is 5.41 Å². The van der Waals surface area contributed by atoms with Crippen LogP contribution in [0.4, 0.5) is 11.4 Å². The molecule has 1 spiro atoms. The molecule has 7 aromatic rings. The Labute approximate surface area is 281 Å². The molecule has 0 saturated carbocycles. The zero-order valence-corrected chi connectivity index (χ0v) is 28.8. The Morgan fingerprint density at radius 3 is 1.72 bits per heavy atom. The molecule has 0 radical (unpaired) electrons. The monoisotopic (exact) mass is 625 g/mol. The third-order valence-electron chi connectivity index (χ3n) is 10.6. The molecular formula is C45H39NS. The Morgan fingerprint density at radius 1 is 0.489 bits per heavy atom. The fraction of sp³-hybridized carbons (Fsp3) is 0.200. The van der Waals surface area contributed by atoms with Crippen molar-refractivity contribution in [3.63, 3.8) is 0 Å². The van der Waals surface area contributed by atoms with Crippen LogP contribution in [0, 0.1) is 0 Å². The largest absolute Gasteiger partial charge is 0.354 e. The molecule has 0 bridgehead atoms. The molecule has 0 unspecified atom stereocenters. The van der Waals surface area contributed by atoms with Crippen molar-refractivity contribution < 1.29 is 0 Å². The van der Waals surface area contributed by atoms with E-state index in [0.29, 0.717) is 0 Å². The first-order chi connectivity index (χ1) is 22.5. The molecular weight excluding hydrogens is 587 g/mol. The first-order valence-corrected chi connectivity index (χ1v) is 17.6. The lowest BCUT2D eigenvalue weighted by Crippen LogP contribution is -2.27. The SMILES string of the molecule is CC(C)(C)c1ccc2c(c1)C1(c3ccccc3-c3ccc(Nc4cccc5c4sc4ccccc45)cc31)c1cc(C(C)(C)C)ccc1-2. The van der Waals surface area contributed by atoms with Gasteiger partial charge in [-0.25, -0.2) is 0 Å². The molecule has 1 nitrogen and oxygen atoms in total. The second kappa shape index (κ2) is 9.69. The lowest BCUT2D eigenvalue weighted by Gasteiger charge is -2.33. The molecule has 0 atom stereocenters. The van der Waals surface area contributed by atoms with E-state index in [-0.39, 0.29) is 10.8 Å². The maximum absolute atomic E-state index is 3.90. The minimum Gasteiger partial charge on any atom is -0.354 e. The van der Waals surface area contributed by atoms with E-state index in [1.165, 1.54) is 75.8 Å². The molecule has 0 fully saturated rings. The number of rotatable bonds is 2. The van der Waals surface area contributed by atoms with E-state index in [2.05, 4.69) is 168 Å². The Bertz CT molecular complexity index is 2350. The van der Waals surface area contributed by atoms with Crippen LogP contribution < -0.4 is 5.32 Å². The van der Waals surface area contributed by atoms with Crippen molar-refractivity contribution in [2.45, 2.75) is 57.8 Å². The number of hydrogen-bond donors (Lipinski definition) is 1. The van der Waals surface area contributed by atoms with Crippen molar-refractivity contribution in [3.8, 4) is 22.3 Å². The maximum atomic E-state index is 3.90. The minimum atomic E-state index is -0.402. The summed E-state index contributed by atoms with van der Waals surface area (Å²) in [7, 11) is 0. The topological polar surface area (TPSA) is 12.0 Å². The summed E-state index contributed by atoms with van der Waals surface area (Å²) in [6.07, 6.45) is 0. The van der Waals surface area contributed by atoms with Crippen LogP contribution in [0.5, 0.6) is 0 Å². The molecule has 47 heavy (non-hydrogen) atoms. The predicted molar refractivity (Wildman–Crippen MR) is 203 cm³/mol. The molecule has 0 saturated heterocycles. The fourth-order valence-corrected chi connectivity index (χ4v) is 9.37. The van der Waals surface area contributed by atoms with Crippen LogP contribution in [0.3, 0.4) is 0 Å². The second-order valence-electron chi connectivity index (χ2n) is 15.5. The third kappa shape index (κ3) is 4.01. The van der Waals surface area contributed by atoms with Crippen molar-refractivity contribution >= 4 is 42.9 Å². The molecule has 1 aromatic heterocycles. The summed E-state index contributed by atoms with van der Waals surface area (Å²) >= 11 is 1.87. The highest BCUT2D eigenvalue weighted by atomic mass is 32.1. The van der Waals surface area contributed by atoms with Crippen molar-refractivity contribution in [2.24, 2.45) is 0 Å². The molecule has 0 aliphatic heterocycles. The van der Waals surface area contributed by atoms with Crippen molar-refractivity contribution in [1.29, 1.82) is 0 Å². The molecule has 9 rings (SSSR count). The maximum Gasteiger partial charge on any atom is 0.0726 e. The number of thiophene rings is 1. The highest BCUT2D eigenvalue weighted by Gasteiger charge is 2.52. The van der Waals surface area contributed by atoms with E-state index in [9.17, 15) is 0 Å². The van der Waals surface area contributed by atoms with Gasteiger partial charge in [-0.15, -0.1) is 11.3 Å². The Kier molecular flexibility index (Phi) is 5.88. The molecule has 0 amide bonds. The van der Waals surface area contributed by atoms with E-state index >= 15 is 0 Å². The van der Waals surface area contributed by atoms with Gasteiger partial charge in [0, 0.05) is 21.2 Å². The number of anilines is 2. The number of hydrogen-bond acceptors (Lipinski definition) is 2. The zero-order chi connectivity index (χ0) is 32.3. The van der Waals surface area contributed by atoms with Gasteiger partial charge in [-0.3, -0.25) is 0 Å². The smallest absolute Gasteiger partial charge is 0.0726 e. The van der Waals surface area contributed by atoms with Crippen molar-refractivity contribution in [1.82, 2.24) is 0 Å².